The fourth-order valence-corrected chi connectivity index (χ4v) is 2.29. The Hall–Kier alpha value is -0.900. The fraction of sp³-hybridized carbons (Fsp3) is 0.600. The van der Waals surface area contributed by atoms with E-state index in [1.54, 1.807) is 7.11 Å². The number of ether oxygens (including phenoxy) is 2. The highest BCUT2D eigenvalue weighted by molar-refractivity contribution is 5.22. The van der Waals surface area contributed by atoms with Crippen molar-refractivity contribution in [2.75, 3.05) is 26.9 Å². The molecule has 1 atom stereocenters. The van der Waals surface area contributed by atoms with Crippen LogP contribution in [0, 0.1) is 0 Å². The van der Waals surface area contributed by atoms with Gasteiger partial charge in [-0.15, -0.1) is 0 Å². The Morgan fingerprint density at radius 2 is 2.00 bits per heavy atom. The van der Waals surface area contributed by atoms with Gasteiger partial charge < -0.3 is 14.8 Å². The molecule has 1 aromatic carbocycles. The zero-order valence-corrected chi connectivity index (χ0v) is 11.4. The maximum Gasteiger partial charge on any atom is 0.106 e. The van der Waals surface area contributed by atoms with Gasteiger partial charge in [0, 0.05) is 33.2 Å². The van der Waals surface area contributed by atoms with E-state index in [-0.39, 0.29) is 5.60 Å². The molecule has 1 N–H and O–H groups in total. The Balaban J connectivity index is 1.80. The van der Waals surface area contributed by atoms with Gasteiger partial charge in [-0.3, -0.25) is 0 Å². The molecule has 0 aromatic heterocycles. The van der Waals surface area contributed by atoms with Crippen molar-refractivity contribution in [3.05, 3.63) is 35.4 Å². The third-order valence-electron chi connectivity index (χ3n) is 3.71. The van der Waals surface area contributed by atoms with Gasteiger partial charge in [-0.05, 0) is 17.5 Å². The van der Waals surface area contributed by atoms with Crippen molar-refractivity contribution in [3.8, 4) is 0 Å². The molecule has 2 rings (SSSR count). The molecule has 100 valence electrons. The number of hydrogen-bond donors (Lipinski definition) is 1. The van der Waals surface area contributed by atoms with Crippen LogP contribution in [0.25, 0.3) is 0 Å². The van der Waals surface area contributed by atoms with Crippen molar-refractivity contribution < 1.29 is 9.47 Å². The second kappa shape index (κ2) is 6.32. The van der Waals surface area contributed by atoms with E-state index in [2.05, 4.69) is 36.5 Å². The van der Waals surface area contributed by atoms with Crippen LogP contribution >= 0.6 is 0 Å². The first-order valence-corrected chi connectivity index (χ1v) is 6.69. The van der Waals surface area contributed by atoms with E-state index in [0.29, 0.717) is 6.61 Å². The molecule has 0 saturated carbocycles. The maximum atomic E-state index is 5.59. The molecular formula is C15H23NO2. The molecule has 0 radical (unpaired) electrons. The summed E-state index contributed by atoms with van der Waals surface area (Å²) in [6, 6.07) is 8.77. The molecule has 18 heavy (non-hydrogen) atoms. The summed E-state index contributed by atoms with van der Waals surface area (Å²) in [5.74, 6) is 0. The molecule has 1 heterocycles. The molecule has 1 aliphatic rings. The van der Waals surface area contributed by atoms with Crippen molar-refractivity contribution >= 4 is 0 Å². The van der Waals surface area contributed by atoms with Gasteiger partial charge in [0.05, 0.1) is 6.61 Å². The molecule has 1 saturated heterocycles. The molecule has 1 aliphatic heterocycles. The van der Waals surface area contributed by atoms with Gasteiger partial charge in [0.25, 0.3) is 0 Å². The number of benzene rings is 1. The summed E-state index contributed by atoms with van der Waals surface area (Å²) < 4.78 is 11.0. The van der Waals surface area contributed by atoms with Crippen molar-refractivity contribution in [1.29, 1.82) is 0 Å². The van der Waals surface area contributed by atoms with Gasteiger partial charge in [0.2, 0.25) is 0 Å². The lowest BCUT2D eigenvalue weighted by molar-refractivity contribution is -0.0159. The summed E-state index contributed by atoms with van der Waals surface area (Å²) >= 11 is 0. The normalized spacial score (nSPS) is 23.4. The molecule has 3 heteroatoms. The first kappa shape index (κ1) is 13.5. The standard InChI is InChI=1S/C15H23NO2/c1-3-13-4-6-14(7-5-13)10-16-11-15(17-2)8-9-18-12-15/h4-7,16H,3,8-12H2,1-2H3. The lowest BCUT2D eigenvalue weighted by Crippen LogP contribution is -2.42. The number of hydrogen-bond acceptors (Lipinski definition) is 3. The van der Waals surface area contributed by atoms with Gasteiger partial charge in [-0.1, -0.05) is 31.2 Å². The van der Waals surface area contributed by atoms with Gasteiger partial charge in [0.15, 0.2) is 0 Å². The van der Waals surface area contributed by atoms with E-state index < -0.39 is 0 Å². The number of nitrogens with one attached hydrogen (secondary N) is 1. The highest BCUT2D eigenvalue weighted by Crippen LogP contribution is 2.21. The molecule has 0 spiro atoms. The second-order valence-electron chi connectivity index (χ2n) is 4.96. The molecule has 3 nitrogen and oxygen atoms in total. The monoisotopic (exact) mass is 249 g/mol. The fourth-order valence-electron chi connectivity index (χ4n) is 2.29. The van der Waals surface area contributed by atoms with E-state index in [1.807, 2.05) is 0 Å². The Labute approximate surface area is 109 Å². The van der Waals surface area contributed by atoms with E-state index in [0.717, 1.165) is 32.5 Å². The summed E-state index contributed by atoms with van der Waals surface area (Å²) in [5, 5.41) is 3.47. The van der Waals surface area contributed by atoms with Crippen LogP contribution in [0.2, 0.25) is 0 Å². The predicted molar refractivity (Wildman–Crippen MR) is 72.7 cm³/mol. The van der Waals surface area contributed by atoms with Gasteiger partial charge in [0.1, 0.15) is 5.60 Å². The summed E-state index contributed by atoms with van der Waals surface area (Å²) in [6.45, 7) is 5.41. The SMILES string of the molecule is CCc1ccc(CNCC2(OC)CCOC2)cc1. The zero-order chi connectivity index (χ0) is 12.8. The highest BCUT2D eigenvalue weighted by Gasteiger charge is 2.34. The van der Waals surface area contributed by atoms with Crippen LogP contribution in [-0.4, -0.2) is 32.5 Å². The minimum absolute atomic E-state index is 0.122. The molecule has 1 unspecified atom stereocenters. The van der Waals surface area contributed by atoms with Crippen LogP contribution in [0.3, 0.4) is 0 Å². The van der Waals surface area contributed by atoms with E-state index in [1.165, 1.54) is 11.1 Å². The zero-order valence-electron chi connectivity index (χ0n) is 11.4. The molecule has 1 aromatic rings. The maximum absolute atomic E-state index is 5.59. The summed E-state index contributed by atoms with van der Waals surface area (Å²) in [4.78, 5) is 0. The Morgan fingerprint density at radius 3 is 2.56 bits per heavy atom. The molecule has 1 fully saturated rings. The average Bonchev–Trinajstić information content (AvgIpc) is 2.89. The third kappa shape index (κ3) is 3.31. The predicted octanol–water partition coefficient (Wildman–Crippen LogP) is 2.14. The number of methoxy groups -OCH3 is 1. The molecule has 0 aliphatic carbocycles. The van der Waals surface area contributed by atoms with Crippen LogP contribution in [0.15, 0.2) is 24.3 Å². The first-order chi connectivity index (χ1) is 8.78. The van der Waals surface area contributed by atoms with Crippen LogP contribution in [0.1, 0.15) is 24.5 Å². The van der Waals surface area contributed by atoms with Crippen molar-refractivity contribution in [3.63, 3.8) is 0 Å². The van der Waals surface area contributed by atoms with Crippen molar-refractivity contribution in [2.45, 2.75) is 31.9 Å². The number of rotatable bonds is 6. The lowest BCUT2D eigenvalue weighted by atomic mass is 10.0. The summed E-state index contributed by atoms with van der Waals surface area (Å²) in [7, 11) is 1.77. The second-order valence-corrected chi connectivity index (χ2v) is 4.96. The molecule has 0 amide bonds. The quantitative estimate of drug-likeness (QED) is 0.838. The van der Waals surface area contributed by atoms with Crippen LogP contribution < -0.4 is 5.32 Å². The van der Waals surface area contributed by atoms with E-state index >= 15 is 0 Å². The van der Waals surface area contributed by atoms with Gasteiger partial charge in [-0.2, -0.15) is 0 Å². The minimum Gasteiger partial charge on any atom is -0.378 e. The largest absolute Gasteiger partial charge is 0.378 e. The average molecular weight is 249 g/mol. The Morgan fingerprint density at radius 1 is 1.28 bits per heavy atom. The van der Waals surface area contributed by atoms with Crippen molar-refractivity contribution in [1.82, 2.24) is 5.32 Å². The molecular weight excluding hydrogens is 226 g/mol. The molecule has 0 bridgehead atoms. The highest BCUT2D eigenvalue weighted by atomic mass is 16.5. The smallest absolute Gasteiger partial charge is 0.106 e. The summed E-state index contributed by atoms with van der Waals surface area (Å²) in [5.41, 5.74) is 2.58. The van der Waals surface area contributed by atoms with Crippen LogP contribution in [0.4, 0.5) is 0 Å². The number of aryl methyl sites for hydroxylation is 1. The Kier molecular flexibility index (Phi) is 4.75. The van der Waals surface area contributed by atoms with Crippen LogP contribution in [-0.2, 0) is 22.4 Å². The lowest BCUT2D eigenvalue weighted by Gasteiger charge is -2.26. The Bertz CT molecular complexity index is 355. The van der Waals surface area contributed by atoms with E-state index in [4.69, 9.17) is 9.47 Å². The topological polar surface area (TPSA) is 30.5 Å². The van der Waals surface area contributed by atoms with Crippen molar-refractivity contribution in [2.24, 2.45) is 0 Å². The van der Waals surface area contributed by atoms with Gasteiger partial charge in [-0.25, -0.2) is 0 Å². The summed E-state index contributed by atoms with van der Waals surface area (Å²) in [6.07, 6.45) is 2.07. The van der Waals surface area contributed by atoms with E-state index in [9.17, 15) is 0 Å². The first-order valence-electron chi connectivity index (χ1n) is 6.69. The van der Waals surface area contributed by atoms with Crippen LogP contribution in [0.5, 0.6) is 0 Å². The minimum atomic E-state index is -0.122. The third-order valence-corrected chi connectivity index (χ3v) is 3.71. The van der Waals surface area contributed by atoms with Gasteiger partial charge >= 0.3 is 0 Å².